The van der Waals surface area contributed by atoms with Crippen molar-refractivity contribution in [2.75, 3.05) is 20.0 Å². The molecule has 1 N–H and O–H groups in total. The lowest BCUT2D eigenvalue weighted by Gasteiger charge is -2.10. The molecule has 158 valence electrons. The van der Waals surface area contributed by atoms with Crippen LogP contribution < -0.4 is 14.8 Å². The van der Waals surface area contributed by atoms with Gasteiger partial charge in [0.1, 0.15) is 5.82 Å². The minimum Gasteiger partial charge on any atom is -0.493 e. The summed E-state index contributed by atoms with van der Waals surface area (Å²) < 4.78 is 12.6. The topological polar surface area (TPSA) is 78.3 Å². The normalized spacial score (nSPS) is 10.6. The van der Waals surface area contributed by atoms with Gasteiger partial charge in [-0.25, -0.2) is 0 Å². The molecule has 0 aliphatic rings. The second-order valence-corrected chi connectivity index (χ2v) is 7.50. The highest BCUT2D eigenvalue weighted by atomic mass is 32.2. The van der Waals surface area contributed by atoms with E-state index in [4.69, 9.17) is 9.47 Å². The van der Waals surface area contributed by atoms with E-state index in [2.05, 4.69) is 39.1 Å². The van der Waals surface area contributed by atoms with Gasteiger partial charge in [0.2, 0.25) is 5.91 Å². The summed E-state index contributed by atoms with van der Waals surface area (Å²) in [4.78, 5) is 12.3. The van der Waals surface area contributed by atoms with Gasteiger partial charge < -0.3 is 19.4 Å². The van der Waals surface area contributed by atoms with Crippen LogP contribution in [-0.2, 0) is 24.3 Å². The highest BCUT2D eigenvalue weighted by molar-refractivity contribution is 7.99. The van der Waals surface area contributed by atoms with Crippen LogP contribution in [0.25, 0.3) is 0 Å². The van der Waals surface area contributed by atoms with E-state index in [0.29, 0.717) is 24.5 Å². The molecule has 0 bridgehead atoms. The van der Waals surface area contributed by atoms with Crippen LogP contribution in [0.5, 0.6) is 11.5 Å². The first kappa shape index (κ1) is 21.7. The number of nitrogens with one attached hydrogen (secondary N) is 1. The third-order valence-electron chi connectivity index (χ3n) is 4.58. The molecule has 0 unspecified atom stereocenters. The van der Waals surface area contributed by atoms with Gasteiger partial charge in [0.25, 0.3) is 0 Å². The lowest BCUT2D eigenvalue weighted by atomic mass is 10.1. The first-order valence-electron chi connectivity index (χ1n) is 9.71. The van der Waals surface area contributed by atoms with E-state index in [1.165, 1.54) is 17.3 Å². The van der Waals surface area contributed by atoms with Gasteiger partial charge in [-0.3, -0.25) is 4.79 Å². The third-order valence-corrected chi connectivity index (χ3v) is 5.55. The van der Waals surface area contributed by atoms with Crippen LogP contribution >= 0.6 is 11.8 Å². The quantitative estimate of drug-likeness (QED) is 0.501. The predicted molar refractivity (Wildman–Crippen MR) is 117 cm³/mol. The van der Waals surface area contributed by atoms with Crippen LogP contribution in [0.15, 0.2) is 53.7 Å². The molecule has 30 heavy (non-hydrogen) atoms. The number of rotatable bonds is 10. The molecule has 0 aliphatic heterocycles. The largest absolute Gasteiger partial charge is 0.493 e. The molecule has 3 aromatic rings. The molecule has 2 aromatic carbocycles. The SMILES string of the molecule is CCn1c(Cc2ccccc2)nnc1SCC(=O)NCc1ccc(OC)c(OC)c1. The number of hydrogen-bond acceptors (Lipinski definition) is 6. The van der Waals surface area contributed by atoms with Crippen LogP contribution in [0.3, 0.4) is 0 Å². The van der Waals surface area contributed by atoms with Crippen molar-refractivity contribution < 1.29 is 14.3 Å². The Balaban J connectivity index is 1.54. The van der Waals surface area contributed by atoms with Crippen molar-refractivity contribution >= 4 is 17.7 Å². The lowest BCUT2D eigenvalue weighted by Crippen LogP contribution is -2.24. The van der Waals surface area contributed by atoms with Gasteiger partial charge >= 0.3 is 0 Å². The van der Waals surface area contributed by atoms with Crippen LogP contribution in [0.2, 0.25) is 0 Å². The van der Waals surface area contributed by atoms with Crippen molar-refractivity contribution in [2.24, 2.45) is 0 Å². The molecule has 1 heterocycles. The maximum atomic E-state index is 12.3. The Morgan fingerprint density at radius 2 is 1.80 bits per heavy atom. The van der Waals surface area contributed by atoms with Gasteiger partial charge in [-0.15, -0.1) is 10.2 Å². The van der Waals surface area contributed by atoms with E-state index in [1.54, 1.807) is 14.2 Å². The number of amides is 1. The van der Waals surface area contributed by atoms with Crippen LogP contribution in [0.4, 0.5) is 0 Å². The molecule has 0 atom stereocenters. The number of carbonyl (C=O) groups is 1. The molecule has 8 heteroatoms. The highest BCUT2D eigenvalue weighted by Crippen LogP contribution is 2.27. The van der Waals surface area contributed by atoms with Crippen molar-refractivity contribution in [2.45, 2.75) is 31.6 Å². The van der Waals surface area contributed by atoms with E-state index >= 15 is 0 Å². The fourth-order valence-corrected chi connectivity index (χ4v) is 3.88. The van der Waals surface area contributed by atoms with Gasteiger partial charge in [0, 0.05) is 19.5 Å². The number of ether oxygens (including phenoxy) is 2. The molecule has 1 aromatic heterocycles. The molecule has 0 fully saturated rings. The zero-order valence-corrected chi connectivity index (χ0v) is 18.2. The molecular weight excluding hydrogens is 400 g/mol. The summed E-state index contributed by atoms with van der Waals surface area (Å²) in [6.45, 7) is 3.23. The van der Waals surface area contributed by atoms with Crippen LogP contribution in [0, 0.1) is 0 Å². The number of aromatic nitrogens is 3. The van der Waals surface area contributed by atoms with Crippen molar-refractivity contribution in [3.05, 3.63) is 65.5 Å². The number of nitrogens with zero attached hydrogens (tertiary/aromatic N) is 3. The summed E-state index contributed by atoms with van der Waals surface area (Å²) in [6, 6.07) is 15.8. The standard InChI is InChI=1S/C22H26N4O3S/c1-4-26-20(13-16-8-6-5-7-9-16)24-25-22(26)30-15-21(27)23-14-17-10-11-18(28-2)19(12-17)29-3/h5-12H,4,13-15H2,1-3H3,(H,23,27). The van der Waals surface area contributed by atoms with E-state index < -0.39 is 0 Å². The van der Waals surface area contributed by atoms with Crippen LogP contribution in [-0.4, -0.2) is 40.6 Å². The fourth-order valence-electron chi connectivity index (χ4n) is 3.03. The molecular formula is C22H26N4O3S. The number of benzene rings is 2. The summed E-state index contributed by atoms with van der Waals surface area (Å²) in [5, 5.41) is 12.3. The first-order valence-corrected chi connectivity index (χ1v) is 10.7. The zero-order valence-electron chi connectivity index (χ0n) is 17.4. The molecule has 7 nitrogen and oxygen atoms in total. The maximum absolute atomic E-state index is 12.3. The molecule has 3 rings (SSSR count). The van der Waals surface area contributed by atoms with Crippen molar-refractivity contribution in [3.63, 3.8) is 0 Å². The maximum Gasteiger partial charge on any atom is 0.230 e. The predicted octanol–water partition coefficient (Wildman–Crippen LogP) is 3.31. The van der Waals surface area contributed by atoms with Gasteiger partial charge in [0.15, 0.2) is 16.7 Å². The average Bonchev–Trinajstić information content (AvgIpc) is 3.17. The van der Waals surface area contributed by atoms with Crippen molar-refractivity contribution in [3.8, 4) is 11.5 Å². The Morgan fingerprint density at radius 3 is 2.50 bits per heavy atom. The number of hydrogen-bond donors (Lipinski definition) is 1. The van der Waals surface area contributed by atoms with Gasteiger partial charge in [-0.1, -0.05) is 48.2 Å². The average molecular weight is 427 g/mol. The van der Waals surface area contributed by atoms with E-state index in [-0.39, 0.29) is 11.7 Å². The van der Waals surface area contributed by atoms with Gasteiger partial charge in [0.05, 0.1) is 20.0 Å². The van der Waals surface area contributed by atoms with E-state index in [0.717, 1.165) is 23.1 Å². The van der Waals surface area contributed by atoms with Crippen molar-refractivity contribution in [1.82, 2.24) is 20.1 Å². The summed E-state index contributed by atoms with van der Waals surface area (Å²) in [6.07, 6.45) is 0.716. The van der Waals surface area contributed by atoms with Gasteiger partial charge in [-0.2, -0.15) is 0 Å². The summed E-state index contributed by atoms with van der Waals surface area (Å²) in [5.41, 5.74) is 2.12. The highest BCUT2D eigenvalue weighted by Gasteiger charge is 2.14. The second kappa shape index (κ2) is 10.7. The van der Waals surface area contributed by atoms with Gasteiger partial charge in [-0.05, 0) is 30.2 Å². The lowest BCUT2D eigenvalue weighted by molar-refractivity contribution is -0.118. The second-order valence-electron chi connectivity index (χ2n) is 6.56. The Kier molecular flexibility index (Phi) is 7.73. The van der Waals surface area contributed by atoms with E-state index in [9.17, 15) is 4.79 Å². The molecule has 0 aliphatic carbocycles. The molecule has 0 radical (unpaired) electrons. The first-order chi connectivity index (χ1) is 14.6. The Hall–Kier alpha value is -3.00. The van der Waals surface area contributed by atoms with E-state index in [1.807, 2.05) is 36.4 Å². The number of carbonyl (C=O) groups excluding carboxylic acids is 1. The number of methoxy groups -OCH3 is 2. The molecule has 0 saturated carbocycles. The molecule has 0 saturated heterocycles. The smallest absolute Gasteiger partial charge is 0.230 e. The summed E-state index contributed by atoms with van der Waals surface area (Å²) in [7, 11) is 3.18. The Morgan fingerprint density at radius 1 is 1.03 bits per heavy atom. The monoisotopic (exact) mass is 426 g/mol. The minimum atomic E-state index is -0.0648. The Bertz CT molecular complexity index is 976. The summed E-state index contributed by atoms with van der Waals surface area (Å²) in [5.74, 6) is 2.41. The fraction of sp³-hybridized carbons (Fsp3) is 0.318. The number of thioether (sulfide) groups is 1. The molecule has 1 amide bonds. The zero-order chi connectivity index (χ0) is 21.3. The van der Waals surface area contributed by atoms with Crippen molar-refractivity contribution in [1.29, 1.82) is 0 Å². The third kappa shape index (κ3) is 5.54. The minimum absolute atomic E-state index is 0.0648. The summed E-state index contributed by atoms with van der Waals surface area (Å²) >= 11 is 1.39. The Labute approximate surface area is 180 Å². The molecule has 0 spiro atoms. The van der Waals surface area contributed by atoms with Crippen LogP contribution in [0.1, 0.15) is 23.9 Å².